The average molecular weight is 266 g/mol. The fourth-order valence-corrected chi connectivity index (χ4v) is 1.76. The van der Waals surface area contributed by atoms with Crippen molar-refractivity contribution in [2.45, 2.75) is 39.7 Å². The Morgan fingerprint density at radius 1 is 1.26 bits per heavy atom. The molecule has 1 aromatic heterocycles. The summed E-state index contributed by atoms with van der Waals surface area (Å²) in [5, 5.41) is 3.44. The molecule has 0 amide bonds. The number of hydrogen-bond acceptors (Lipinski definition) is 6. The molecule has 0 aliphatic heterocycles. The topological polar surface area (TPSA) is 79.1 Å². The maximum Gasteiger partial charge on any atom is 0.148 e. The Bertz CT molecular complexity index is 404. The minimum atomic E-state index is 0.353. The molecule has 0 aliphatic rings. The van der Waals surface area contributed by atoms with Gasteiger partial charge in [-0.25, -0.2) is 15.8 Å². The van der Waals surface area contributed by atoms with Crippen molar-refractivity contribution >= 4 is 11.6 Å². The van der Waals surface area contributed by atoms with Gasteiger partial charge in [0, 0.05) is 18.0 Å². The Morgan fingerprint density at radius 3 is 2.42 bits per heavy atom. The summed E-state index contributed by atoms with van der Waals surface area (Å²) in [5.74, 6) is 7.85. The van der Waals surface area contributed by atoms with Crippen molar-refractivity contribution in [1.29, 1.82) is 0 Å². The van der Waals surface area contributed by atoms with Gasteiger partial charge in [-0.05, 0) is 40.9 Å². The van der Waals surface area contributed by atoms with Crippen LogP contribution in [0.2, 0.25) is 0 Å². The molecule has 1 rings (SSSR count). The second-order valence-electron chi connectivity index (χ2n) is 5.10. The summed E-state index contributed by atoms with van der Waals surface area (Å²) in [4.78, 5) is 11.1. The molecule has 0 radical (unpaired) electrons. The molecule has 1 aromatic rings. The second kappa shape index (κ2) is 7.25. The smallest absolute Gasteiger partial charge is 0.148 e. The fraction of sp³-hybridized carbons (Fsp3) is 0.692. The van der Waals surface area contributed by atoms with Crippen LogP contribution in [0.4, 0.5) is 11.6 Å². The maximum atomic E-state index is 5.50. The summed E-state index contributed by atoms with van der Waals surface area (Å²) in [6.45, 7) is 7.20. The molecular weight excluding hydrogens is 240 g/mol. The largest absolute Gasteiger partial charge is 0.367 e. The van der Waals surface area contributed by atoms with Gasteiger partial charge in [0.05, 0.1) is 0 Å². The lowest BCUT2D eigenvalue weighted by atomic mass is 10.2. The molecule has 6 heteroatoms. The third-order valence-electron chi connectivity index (χ3n) is 3.04. The highest BCUT2D eigenvalue weighted by Gasteiger charge is 2.11. The number of rotatable bonds is 7. The van der Waals surface area contributed by atoms with Crippen LogP contribution < -0.4 is 16.6 Å². The molecule has 0 spiro atoms. The number of hydrazine groups is 1. The van der Waals surface area contributed by atoms with Crippen molar-refractivity contribution in [3.63, 3.8) is 0 Å². The standard InChI is InChI=1S/C13H26N6/c1-6-11-16-12(10(3)13(17-11)18-14)15-9(2)7-8-19(4)5/h9H,6-8,14H2,1-5H3,(H2,15,16,17,18). The van der Waals surface area contributed by atoms with E-state index in [0.29, 0.717) is 11.9 Å². The van der Waals surface area contributed by atoms with Crippen LogP contribution in [0, 0.1) is 6.92 Å². The Morgan fingerprint density at radius 2 is 1.89 bits per heavy atom. The zero-order valence-electron chi connectivity index (χ0n) is 12.6. The van der Waals surface area contributed by atoms with Crippen LogP contribution in [0.5, 0.6) is 0 Å². The molecule has 4 N–H and O–H groups in total. The Labute approximate surface area is 115 Å². The van der Waals surface area contributed by atoms with Gasteiger partial charge in [-0.3, -0.25) is 0 Å². The van der Waals surface area contributed by atoms with Crippen molar-refractivity contribution in [2.75, 3.05) is 31.4 Å². The van der Waals surface area contributed by atoms with Gasteiger partial charge in [0.2, 0.25) is 0 Å². The Kier molecular flexibility index (Phi) is 5.98. The summed E-state index contributed by atoms with van der Waals surface area (Å²) < 4.78 is 0. The van der Waals surface area contributed by atoms with E-state index in [1.807, 2.05) is 13.8 Å². The first-order valence-corrected chi connectivity index (χ1v) is 6.73. The molecule has 1 heterocycles. The molecule has 108 valence electrons. The maximum absolute atomic E-state index is 5.50. The van der Waals surface area contributed by atoms with Gasteiger partial charge in [0.15, 0.2) is 0 Å². The summed E-state index contributed by atoms with van der Waals surface area (Å²) in [6.07, 6.45) is 1.85. The van der Waals surface area contributed by atoms with E-state index in [-0.39, 0.29) is 0 Å². The second-order valence-corrected chi connectivity index (χ2v) is 5.10. The van der Waals surface area contributed by atoms with Crippen LogP contribution in [-0.4, -0.2) is 41.5 Å². The highest BCUT2D eigenvalue weighted by atomic mass is 15.3. The van der Waals surface area contributed by atoms with E-state index in [9.17, 15) is 0 Å². The molecule has 0 saturated heterocycles. The summed E-state index contributed by atoms with van der Waals surface area (Å²) in [7, 11) is 4.16. The zero-order valence-corrected chi connectivity index (χ0v) is 12.6. The number of nitrogens with zero attached hydrogens (tertiary/aromatic N) is 3. The minimum absolute atomic E-state index is 0.353. The highest BCUT2D eigenvalue weighted by molar-refractivity contribution is 5.57. The lowest BCUT2D eigenvalue weighted by Crippen LogP contribution is -2.24. The number of anilines is 2. The van der Waals surface area contributed by atoms with Gasteiger partial charge in [0.25, 0.3) is 0 Å². The van der Waals surface area contributed by atoms with E-state index in [1.54, 1.807) is 0 Å². The van der Waals surface area contributed by atoms with Crippen LogP contribution in [0.25, 0.3) is 0 Å². The van der Waals surface area contributed by atoms with Crippen LogP contribution in [0.1, 0.15) is 31.7 Å². The SMILES string of the molecule is CCc1nc(NN)c(C)c(NC(C)CCN(C)C)n1. The van der Waals surface area contributed by atoms with Gasteiger partial charge in [-0.1, -0.05) is 6.92 Å². The van der Waals surface area contributed by atoms with Crippen LogP contribution >= 0.6 is 0 Å². The van der Waals surface area contributed by atoms with Crippen molar-refractivity contribution in [3.05, 3.63) is 11.4 Å². The number of nitrogens with one attached hydrogen (secondary N) is 2. The van der Waals surface area contributed by atoms with E-state index in [2.05, 4.69) is 46.6 Å². The number of hydrogen-bond donors (Lipinski definition) is 3. The first-order chi connectivity index (χ1) is 8.97. The van der Waals surface area contributed by atoms with E-state index in [4.69, 9.17) is 5.84 Å². The third kappa shape index (κ3) is 4.65. The first kappa shape index (κ1) is 15.7. The molecule has 1 unspecified atom stereocenters. The molecule has 0 saturated carbocycles. The summed E-state index contributed by atoms with van der Waals surface area (Å²) in [6, 6.07) is 0.353. The Balaban J connectivity index is 2.81. The van der Waals surface area contributed by atoms with Crippen molar-refractivity contribution in [1.82, 2.24) is 14.9 Å². The van der Waals surface area contributed by atoms with Gasteiger partial charge in [0.1, 0.15) is 17.5 Å². The predicted octanol–water partition coefficient (Wildman–Crippen LogP) is 1.39. The number of aryl methyl sites for hydroxylation is 1. The molecule has 0 bridgehead atoms. The number of nitrogens with two attached hydrogens (primary N) is 1. The van der Waals surface area contributed by atoms with Crippen molar-refractivity contribution in [3.8, 4) is 0 Å². The van der Waals surface area contributed by atoms with Crippen molar-refractivity contribution in [2.24, 2.45) is 5.84 Å². The summed E-state index contributed by atoms with van der Waals surface area (Å²) in [5.41, 5.74) is 3.59. The molecule has 0 aromatic carbocycles. The highest BCUT2D eigenvalue weighted by Crippen LogP contribution is 2.20. The molecule has 0 fully saturated rings. The molecular formula is C13H26N6. The number of aromatic nitrogens is 2. The van der Waals surface area contributed by atoms with Gasteiger partial charge >= 0.3 is 0 Å². The normalized spacial score (nSPS) is 12.6. The monoisotopic (exact) mass is 266 g/mol. The van der Waals surface area contributed by atoms with E-state index in [0.717, 1.165) is 36.6 Å². The van der Waals surface area contributed by atoms with Gasteiger partial charge < -0.3 is 15.6 Å². The van der Waals surface area contributed by atoms with E-state index >= 15 is 0 Å². The molecule has 6 nitrogen and oxygen atoms in total. The lowest BCUT2D eigenvalue weighted by molar-refractivity contribution is 0.390. The molecule has 19 heavy (non-hydrogen) atoms. The number of nitrogen functional groups attached to an aromatic ring is 1. The molecule has 0 aliphatic carbocycles. The molecule has 1 atom stereocenters. The minimum Gasteiger partial charge on any atom is -0.367 e. The first-order valence-electron chi connectivity index (χ1n) is 6.73. The summed E-state index contributed by atoms with van der Waals surface area (Å²) >= 11 is 0. The van der Waals surface area contributed by atoms with E-state index < -0.39 is 0 Å². The quantitative estimate of drug-likeness (QED) is 0.511. The van der Waals surface area contributed by atoms with Gasteiger partial charge in [-0.15, -0.1) is 0 Å². The van der Waals surface area contributed by atoms with Gasteiger partial charge in [-0.2, -0.15) is 0 Å². The fourth-order valence-electron chi connectivity index (χ4n) is 1.76. The predicted molar refractivity (Wildman–Crippen MR) is 80.2 cm³/mol. The van der Waals surface area contributed by atoms with Crippen LogP contribution in [0.15, 0.2) is 0 Å². The average Bonchev–Trinajstić information content (AvgIpc) is 2.38. The van der Waals surface area contributed by atoms with Crippen LogP contribution in [-0.2, 0) is 6.42 Å². The Hall–Kier alpha value is -1.40. The lowest BCUT2D eigenvalue weighted by Gasteiger charge is -2.19. The van der Waals surface area contributed by atoms with Crippen LogP contribution in [0.3, 0.4) is 0 Å². The van der Waals surface area contributed by atoms with Crippen molar-refractivity contribution < 1.29 is 0 Å². The third-order valence-corrected chi connectivity index (χ3v) is 3.04. The van der Waals surface area contributed by atoms with E-state index in [1.165, 1.54) is 0 Å². The zero-order chi connectivity index (χ0) is 14.4.